The van der Waals surface area contributed by atoms with Crippen LogP contribution in [0.2, 0.25) is 0 Å². The van der Waals surface area contributed by atoms with Crippen molar-refractivity contribution in [1.82, 2.24) is 0 Å². The van der Waals surface area contributed by atoms with Crippen molar-refractivity contribution < 1.29 is 19.1 Å². The van der Waals surface area contributed by atoms with Crippen LogP contribution in [0.1, 0.15) is 24.0 Å². The molecule has 2 aromatic rings. The number of carbonyl (C=O) groups excluding carboxylic acids is 2. The highest BCUT2D eigenvalue weighted by Crippen LogP contribution is 2.46. The van der Waals surface area contributed by atoms with Gasteiger partial charge in [-0.15, -0.1) is 0 Å². The third-order valence-electron chi connectivity index (χ3n) is 5.09. The molecule has 2 unspecified atom stereocenters. The number of hydrogen-bond donors (Lipinski definition) is 0. The Morgan fingerprint density at radius 2 is 1.12 bits per heavy atom. The highest BCUT2D eigenvalue weighted by atomic mass is 16.6. The molecule has 1 spiro atoms. The summed E-state index contributed by atoms with van der Waals surface area (Å²) in [5.74, 6) is -0.844. The number of rotatable bonds is 4. The van der Waals surface area contributed by atoms with Gasteiger partial charge < -0.3 is 9.47 Å². The van der Waals surface area contributed by atoms with Crippen LogP contribution in [-0.4, -0.2) is 24.1 Å². The number of cyclic esters (lactones) is 2. The molecule has 128 valence electrons. The monoisotopic (exact) mass is 336 g/mol. The Morgan fingerprint density at radius 1 is 0.720 bits per heavy atom. The molecule has 2 aliphatic rings. The average molecular weight is 336 g/mol. The van der Waals surface area contributed by atoms with E-state index in [1.54, 1.807) is 0 Å². The zero-order valence-electron chi connectivity index (χ0n) is 13.9. The molecule has 2 atom stereocenters. The van der Waals surface area contributed by atoms with Gasteiger partial charge in [-0.2, -0.15) is 0 Å². The molecule has 4 nitrogen and oxygen atoms in total. The van der Waals surface area contributed by atoms with E-state index in [1.165, 1.54) is 0 Å². The topological polar surface area (TPSA) is 52.6 Å². The fourth-order valence-electron chi connectivity index (χ4n) is 3.87. The number of carbonyl (C=O) groups is 2. The summed E-state index contributed by atoms with van der Waals surface area (Å²) >= 11 is 0. The van der Waals surface area contributed by atoms with Crippen molar-refractivity contribution in [2.75, 3.05) is 0 Å². The summed E-state index contributed by atoms with van der Waals surface area (Å²) in [7, 11) is 0. The largest absolute Gasteiger partial charge is 0.461 e. The molecule has 25 heavy (non-hydrogen) atoms. The van der Waals surface area contributed by atoms with Crippen LogP contribution < -0.4 is 0 Å². The minimum atomic E-state index is -1.11. The Kier molecular flexibility index (Phi) is 4.04. The molecule has 0 bridgehead atoms. The first-order valence-electron chi connectivity index (χ1n) is 8.66. The standard InChI is InChI=1S/C21H20O4/c22-19-21(13-17(24-19)11-15-7-3-1-4-8-15)14-18(25-20(21)23)12-16-9-5-2-6-10-16/h1-10,17-18H,11-14H2. The first-order chi connectivity index (χ1) is 12.2. The van der Waals surface area contributed by atoms with Gasteiger partial charge in [0.1, 0.15) is 12.2 Å². The van der Waals surface area contributed by atoms with Crippen molar-refractivity contribution in [1.29, 1.82) is 0 Å². The van der Waals surface area contributed by atoms with Gasteiger partial charge in [0.05, 0.1) is 0 Å². The molecule has 4 rings (SSSR count). The van der Waals surface area contributed by atoms with Crippen LogP contribution in [0.4, 0.5) is 0 Å². The lowest BCUT2D eigenvalue weighted by Gasteiger charge is -2.12. The van der Waals surface area contributed by atoms with Crippen molar-refractivity contribution >= 4 is 11.9 Å². The number of hydrogen-bond acceptors (Lipinski definition) is 4. The highest BCUT2D eigenvalue weighted by molar-refractivity contribution is 6.02. The van der Waals surface area contributed by atoms with Gasteiger partial charge in [-0.3, -0.25) is 9.59 Å². The van der Waals surface area contributed by atoms with Crippen molar-refractivity contribution in [2.45, 2.75) is 37.9 Å². The summed E-state index contributed by atoms with van der Waals surface area (Å²) in [5.41, 5.74) is 1.09. The maximum atomic E-state index is 12.5. The molecule has 0 N–H and O–H groups in total. The average Bonchev–Trinajstić information content (AvgIpc) is 3.09. The predicted octanol–water partition coefficient (Wildman–Crippen LogP) is 3.09. The van der Waals surface area contributed by atoms with Gasteiger partial charge in [0, 0.05) is 25.7 Å². The van der Waals surface area contributed by atoms with Crippen LogP contribution in [0.5, 0.6) is 0 Å². The normalized spacial score (nSPS) is 28.2. The van der Waals surface area contributed by atoms with E-state index in [-0.39, 0.29) is 12.2 Å². The molecule has 2 saturated heterocycles. The summed E-state index contributed by atoms with van der Waals surface area (Å²) in [6.45, 7) is 0. The van der Waals surface area contributed by atoms with Gasteiger partial charge in [0.15, 0.2) is 5.41 Å². The molecule has 2 fully saturated rings. The SMILES string of the molecule is O=C1OC(Cc2ccccc2)CC12CC(Cc1ccccc1)OC2=O. The van der Waals surface area contributed by atoms with Crippen LogP contribution in [0.25, 0.3) is 0 Å². The minimum absolute atomic E-state index is 0.266. The van der Waals surface area contributed by atoms with E-state index in [1.807, 2.05) is 60.7 Å². The van der Waals surface area contributed by atoms with Crippen LogP contribution in [0.3, 0.4) is 0 Å². The molecule has 2 aliphatic heterocycles. The van der Waals surface area contributed by atoms with Crippen LogP contribution >= 0.6 is 0 Å². The molecule has 2 aromatic carbocycles. The molecular weight excluding hydrogens is 316 g/mol. The molecule has 4 heteroatoms. The first-order valence-corrected chi connectivity index (χ1v) is 8.66. The van der Waals surface area contributed by atoms with Crippen molar-refractivity contribution in [3.05, 3.63) is 71.8 Å². The third kappa shape index (κ3) is 3.04. The van der Waals surface area contributed by atoms with Gasteiger partial charge in [-0.1, -0.05) is 60.7 Å². The second-order valence-corrected chi connectivity index (χ2v) is 6.92. The Bertz CT molecular complexity index is 701. The maximum absolute atomic E-state index is 12.5. The Morgan fingerprint density at radius 3 is 1.52 bits per heavy atom. The van der Waals surface area contributed by atoms with Crippen molar-refractivity contribution in [3.8, 4) is 0 Å². The molecule has 0 saturated carbocycles. The lowest BCUT2D eigenvalue weighted by atomic mass is 9.80. The van der Waals surface area contributed by atoms with Gasteiger partial charge >= 0.3 is 11.9 Å². The van der Waals surface area contributed by atoms with Gasteiger partial charge in [-0.25, -0.2) is 0 Å². The molecule has 0 aliphatic carbocycles. The van der Waals surface area contributed by atoms with E-state index in [0.29, 0.717) is 25.7 Å². The zero-order valence-corrected chi connectivity index (χ0v) is 13.9. The fraction of sp³-hybridized carbons (Fsp3) is 0.333. The zero-order chi connectivity index (χ0) is 17.3. The predicted molar refractivity (Wildman–Crippen MR) is 91.7 cm³/mol. The van der Waals surface area contributed by atoms with E-state index < -0.39 is 17.4 Å². The van der Waals surface area contributed by atoms with Crippen LogP contribution in [-0.2, 0) is 31.9 Å². The summed E-state index contributed by atoms with van der Waals surface area (Å²) in [5, 5.41) is 0. The van der Waals surface area contributed by atoms with E-state index in [4.69, 9.17) is 9.47 Å². The maximum Gasteiger partial charge on any atom is 0.324 e. The second kappa shape index (κ2) is 6.36. The Balaban J connectivity index is 1.46. The van der Waals surface area contributed by atoms with Crippen molar-refractivity contribution in [2.24, 2.45) is 5.41 Å². The quantitative estimate of drug-likeness (QED) is 0.636. The number of ether oxygens (including phenoxy) is 2. The van der Waals surface area contributed by atoms with Gasteiger partial charge in [0.25, 0.3) is 0 Å². The second-order valence-electron chi connectivity index (χ2n) is 6.92. The van der Waals surface area contributed by atoms with Gasteiger partial charge in [-0.05, 0) is 11.1 Å². The number of esters is 2. The van der Waals surface area contributed by atoms with E-state index in [2.05, 4.69) is 0 Å². The smallest absolute Gasteiger partial charge is 0.324 e. The number of benzene rings is 2. The molecule has 0 radical (unpaired) electrons. The molecule has 0 amide bonds. The summed E-state index contributed by atoms with van der Waals surface area (Å²) in [6.07, 6.45) is 1.54. The summed E-state index contributed by atoms with van der Waals surface area (Å²) < 4.78 is 11.1. The fourth-order valence-corrected chi connectivity index (χ4v) is 3.87. The van der Waals surface area contributed by atoms with Crippen LogP contribution in [0.15, 0.2) is 60.7 Å². The van der Waals surface area contributed by atoms with Crippen molar-refractivity contribution in [3.63, 3.8) is 0 Å². The van der Waals surface area contributed by atoms with Crippen LogP contribution in [0, 0.1) is 5.41 Å². The van der Waals surface area contributed by atoms with E-state index >= 15 is 0 Å². The third-order valence-corrected chi connectivity index (χ3v) is 5.09. The first kappa shape index (κ1) is 15.9. The molecule has 2 heterocycles. The Hall–Kier alpha value is -2.62. The minimum Gasteiger partial charge on any atom is -0.461 e. The molecular formula is C21H20O4. The van der Waals surface area contributed by atoms with E-state index in [0.717, 1.165) is 11.1 Å². The Labute approximate surface area is 146 Å². The van der Waals surface area contributed by atoms with Gasteiger partial charge in [0.2, 0.25) is 0 Å². The lowest BCUT2D eigenvalue weighted by molar-refractivity contribution is -0.158. The lowest BCUT2D eigenvalue weighted by Crippen LogP contribution is -2.31. The summed E-state index contributed by atoms with van der Waals surface area (Å²) in [4.78, 5) is 25.0. The molecule has 0 aromatic heterocycles. The van der Waals surface area contributed by atoms with E-state index in [9.17, 15) is 9.59 Å². The highest BCUT2D eigenvalue weighted by Gasteiger charge is 2.61. The summed E-state index contributed by atoms with van der Waals surface area (Å²) in [6, 6.07) is 19.8.